The molecular weight excluding hydrogens is 264 g/mol. The number of anilines is 1. The molecule has 96 valence electrons. The third-order valence-electron chi connectivity index (χ3n) is 2.66. The fourth-order valence-electron chi connectivity index (χ4n) is 1.78. The van der Waals surface area contributed by atoms with E-state index in [4.69, 9.17) is 16.0 Å². The largest absolute Gasteiger partial charge is 0.467 e. The van der Waals surface area contributed by atoms with E-state index in [9.17, 15) is 0 Å². The van der Waals surface area contributed by atoms with Gasteiger partial charge in [-0.3, -0.25) is 0 Å². The molecule has 0 bridgehead atoms. The highest BCUT2D eigenvalue weighted by Gasteiger charge is 2.07. The van der Waals surface area contributed by atoms with Crippen LogP contribution in [-0.2, 0) is 6.54 Å². The van der Waals surface area contributed by atoms with Gasteiger partial charge in [-0.2, -0.15) is 5.10 Å². The molecule has 0 aliphatic carbocycles. The summed E-state index contributed by atoms with van der Waals surface area (Å²) in [5.74, 6) is 0.851. The first-order valence-electron chi connectivity index (χ1n) is 5.74. The Hall–Kier alpha value is -2.27. The summed E-state index contributed by atoms with van der Waals surface area (Å²) in [6, 6.07) is 9.32. The van der Waals surface area contributed by atoms with Gasteiger partial charge in [0.2, 0.25) is 0 Å². The molecule has 3 rings (SSSR count). The monoisotopic (exact) mass is 274 g/mol. The lowest BCUT2D eigenvalue weighted by Crippen LogP contribution is -2.04. The molecule has 1 aromatic carbocycles. The van der Waals surface area contributed by atoms with Crippen molar-refractivity contribution in [2.45, 2.75) is 6.54 Å². The van der Waals surface area contributed by atoms with E-state index in [1.807, 2.05) is 30.3 Å². The van der Waals surface area contributed by atoms with Gasteiger partial charge in [-0.05, 0) is 30.3 Å². The molecule has 0 aliphatic heterocycles. The van der Waals surface area contributed by atoms with Crippen molar-refractivity contribution in [3.05, 3.63) is 60.0 Å². The highest BCUT2D eigenvalue weighted by Crippen LogP contribution is 2.24. The van der Waals surface area contributed by atoms with Crippen molar-refractivity contribution in [2.24, 2.45) is 0 Å². The van der Waals surface area contributed by atoms with Gasteiger partial charge < -0.3 is 9.73 Å². The van der Waals surface area contributed by atoms with Gasteiger partial charge in [-0.1, -0.05) is 11.6 Å². The summed E-state index contributed by atoms with van der Waals surface area (Å²) in [7, 11) is 0. The number of hydrogen-bond acceptors (Lipinski definition) is 4. The maximum atomic E-state index is 6.03. The molecular formula is C13H11ClN4O. The number of furan rings is 1. The molecule has 0 radical (unpaired) electrons. The third kappa shape index (κ3) is 2.61. The van der Waals surface area contributed by atoms with Gasteiger partial charge in [0, 0.05) is 5.02 Å². The van der Waals surface area contributed by atoms with Crippen molar-refractivity contribution in [2.75, 3.05) is 5.32 Å². The zero-order chi connectivity index (χ0) is 13.1. The zero-order valence-electron chi connectivity index (χ0n) is 9.95. The summed E-state index contributed by atoms with van der Waals surface area (Å²) in [5.41, 5.74) is 1.75. The topological polar surface area (TPSA) is 55.9 Å². The summed E-state index contributed by atoms with van der Waals surface area (Å²) in [5, 5.41) is 8.06. The number of nitrogens with one attached hydrogen (secondary N) is 1. The quantitative estimate of drug-likeness (QED) is 0.794. The second-order valence-electron chi connectivity index (χ2n) is 3.93. The standard InChI is InChI=1S/C13H11ClN4O/c14-10-3-4-13(18-9-15-8-17-18)12(6-10)16-7-11-2-1-5-19-11/h1-6,8-9,16H,7H2. The van der Waals surface area contributed by atoms with Crippen LogP contribution >= 0.6 is 11.6 Å². The lowest BCUT2D eigenvalue weighted by Gasteiger charge is -2.11. The number of rotatable bonds is 4. The van der Waals surface area contributed by atoms with Crippen molar-refractivity contribution in [3.8, 4) is 5.69 Å². The first-order chi connectivity index (χ1) is 9.33. The third-order valence-corrected chi connectivity index (χ3v) is 2.89. The average Bonchev–Trinajstić information content (AvgIpc) is 3.10. The highest BCUT2D eigenvalue weighted by molar-refractivity contribution is 6.31. The SMILES string of the molecule is Clc1ccc(-n2cncn2)c(NCc2ccco2)c1. The number of hydrogen-bond donors (Lipinski definition) is 1. The van der Waals surface area contributed by atoms with Crippen LogP contribution < -0.4 is 5.32 Å². The molecule has 6 heteroatoms. The van der Waals surface area contributed by atoms with Gasteiger partial charge in [-0.15, -0.1) is 0 Å². The van der Waals surface area contributed by atoms with E-state index < -0.39 is 0 Å². The second-order valence-corrected chi connectivity index (χ2v) is 4.37. The maximum Gasteiger partial charge on any atom is 0.138 e. The fourth-order valence-corrected chi connectivity index (χ4v) is 1.95. The van der Waals surface area contributed by atoms with Crippen LogP contribution in [-0.4, -0.2) is 14.8 Å². The van der Waals surface area contributed by atoms with E-state index in [-0.39, 0.29) is 0 Å². The Labute approximate surface area is 114 Å². The number of aromatic nitrogens is 3. The van der Waals surface area contributed by atoms with E-state index in [0.717, 1.165) is 17.1 Å². The second kappa shape index (κ2) is 5.16. The van der Waals surface area contributed by atoms with E-state index in [0.29, 0.717) is 11.6 Å². The molecule has 3 aromatic rings. The predicted octanol–water partition coefficient (Wildman–Crippen LogP) is 3.13. The highest BCUT2D eigenvalue weighted by atomic mass is 35.5. The Morgan fingerprint density at radius 1 is 1.32 bits per heavy atom. The van der Waals surface area contributed by atoms with E-state index >= 15 is 0 Å². The summed E-state index contributed by atoms with van der Waals surface area (Å²) >= 11 is 6.03. The van der Waals surface area contributed by atoms with Gasteiger partial charge in [0.15, 0.2) is 0 Å². The number of nitrogens with zero attached hydrogens (tertiary/aromatic N) is 3. The number of benzene rings is 1. The van der Waals surface area contributed by atoms with Crippen LogP contribution in [0.2, 0.25) is 5.02 Å². The van der Waals surface area contributed by atoms with Crippen molar-refractivity contribution < 1.29 is 4.42 Å². The molecule has 19 heavy (non-hydrogen) atoms. The maximum absolute atomic E-state index is 6.03. The van der Waals surface area contributed by atoms with Gasteiger partial charge in [0.25, 0.3) is 0 Å². The molecule has 5 nitrogen and oxygen atoms in total. The lowest BCUT2D eigenvalue weighted by molar-refractivity contribution is 0.518. The van der Waals surface area contributed by atoms with Crippen LogP contribution in [0, 0.1) is 0 Å². The van der Waals surface area contributed by atoms with Crippen LogP contribution in [0.1, 0.15) is 5.76 Å². The van der Waals surface area contributed by atoms with Gasteiger partial charge in [0.05, 0.1) is 24.2 Å². The van der Waals surface area contributed by atoms with Crippen LogP contribution in [0.3, 0.4) is 0 Å². The smallest absolute Gasteiger partial charge is 0.138 e. The van der Waals surface area contributed by atoms with Crippen molar-refractivity contribution in [3.63, 3.8) is 0 Å². The van der Waals surface area contributed by atoms with Crippen LogP contribution in [0.5, 0.6) is 0 Å². The molecule has 0 spiro atoms. The fraction of sp³-hybridized carbons (Fsp3) is 0.0769. The van der Waals surface area contributed by atoms with Gasteiger partial charge in [0.1, 0.15) is 18.4 Å². The van der Waals surface area contributed by atoms with E-state index in [1.165, 1.54) is 6.33 Å². The number of halogens is 1. The van der Waals surface area contributed by atoms with Gasteiger partial charge in [-0.25, -0.2) is 9.67 Å². The molecule has 2 heterocycles. The molecule has 1 N–H and O–H groups in total. The Morgan fingerprint density at radius 2 is 2.26 bits per heavy atom. The van der Waals surface area contributed by atoms with Crippen LogP contribution in [0.15, 0.2) is 53.7 Å². The summed E-state index contributed by atoms with van der Waals surface area (Å²) in [4.78, 5) is 3.94. The molecule has 0 saturated heterocycles. The molecule has 2 aromatic heterocycles. The summed E-state index contributed by atoms with van der Waals surface area (Å²) in [6.07, 6.45) is 4.78. The van der Waals surface area contributed by atoms with Crippen molar-refractivity contribution in [1.29, 1.82) is 0 Å². The minimum Gasteiger partial charge on any atom is -0.467 e. The minimum atomic E-state index is 0.578. The predicted molar refractivity (Wildman–Crippen MR) is 72.4 cm³/mol. The van der Waals surface area contributed by atoms with E-state index in [2.05, 4.69) is 15.4 Å². The van der Waals surface area contributed by atoms with Crippen LogP contribution in [0.25, 0.3) is 5.69 Å². The van der Waals surface area contributed by atoms with Crippen LogP contribution in [0.4, 0.5) is 5.69 Å². The van der Waals surface area contributed by atoms with E-state index in [1.54, 1.807) is 17.3 Å². The molecule has 0 saturated carbocycles. The average molecular weight is 275 g/mol. The Balaban J connectivity index is 1.88. The zero-order valence-corrected chi connectivity index (χ0v) is 10.7. The molecule has 0 unspecified atom stereocenters. The van der Waals surface area contributed by atoms with Crippen molar-refractivity contribution in [1.82, 2.24) is 14.8 Å². The normalized spacial score (nSPS) is 10.6. The first kappa shape index (κ1) is 11.8. The minimum absolute atomic E-state index is 0.578. The Bertz CT molecular complexity index is 649. The summed E-state index contributed by atoms with van der Waals surface area (Å²) < 4.78 is 6.97. The Kier molecular flexibility index (Phi) is 3.20. The molecule has 0 atom stereocenters. The first-order valence-corrected chi connectivity index (χ1v) is 6.11. The van der Waals surface area contributed by atoms with Crippen molar-refractivity contribution >= 4 is 17.3 Å². The summed E-state index contributed by atoms with van der Waals surface area (Å²) in [6.45, 7) is 0.578. The lowest BCUT2D eigenvalue weighted by atomic mass is 10.2. The molecule has 0 amide bonds. The van der Waals surface area contributed by atoms with Gasteiger partial charge >= 0.3 is 0 Å². The molecule has 0 fully saturated rings. The Morgan fingerprint density at radius 3 is 3.00 bits per heavy atom. The molecule has 0 aliphatic rings.